The van der Waals surface area contributed by atoms with Crippen molar-refractivity contribution in [3.63, 3.8) is 0 Å². The summed E-state index contributed by atoms with van der Waals surface area (Å²) in [7, 11) is 0. The Bertz CT molecular complexity index is 471. The van der Waals surface area contributed by atoms with Gasteiger partial charge in [-0.25, -0.2) is 4.98 Å². The molecule has 1 heterocycles. The molecular weight excluding hydrogens is 240 g/mol. The molecule has 0 spiro atoms. The van der Waals surface area contributed by atoms with E-state index in [-0.39, 0.29) is 0 Å². The van der Waals surface area contributed by atoms with E-state index in [4.69, 9.17) is 0 Å². The fourth-order valence-electron chi connectivity index (χ4n) is 2.16. The molecule has 1 aromatic carbocycles. The van der Waals surface area contributed by atoms with Gasteiger partial charge in [0.2, 0.25) is 0 Å². The number of benzene rings is 1. The largest absolute Gasteiger partial charge is 0.310 e. The van der Waals surface area contributed by atoms with Crippen LogP contribution in [-0.2, 0) is 6.42 Å². The summed E-state index contributed by atoms with van der Waals surface area (Å²) < 4.78 is 0. The van der Waals surface area contributed by atoms with Crippen LogP contribution in [0.5, 0.6) is 0 Å². The Morgan fingerprint density at radius 1 is 1.22 bits per heavy atom. The van der Waals surface area contributed by atoms with E-state index in [1.165, 1.54) is 22.4 Å². The number of nitrogens with zero attached hydrogens (tertiary/aromatic N) is 1. The lowest BCUT2D eigenvalue weighted by Crippen LogP contribution is -2.21. The number of thiazole rings is 1. The zero-order valence-corrected chi connectivity index (χ0v) is 12.1. The Hall–Kier alpha value is -1.19. The Labute approximate surface area is 113 Å². The number of hydrogen-bond acceptors (Lipinski definition) is 3. The van der Waals surface area contributed by atoms with E-state index in [1.54, 1.807) is 11.3 Å². The molecule has 0 aliphatic heterocycles. The summed E-state index contributed by atoms with van der Waals surface area (Å²) in [5, 5.41) is 5.67. The van der Waals surface area contributed by atoms with Crippen molar-refractivity contribution in [2.45, 2.75) is 33.2 Å². The van der Waals surface area contributed by atoms with Crippen LogP contribution in [0.2, 0.25) is 0 Å². The topological polar surface area (TPSA) is 24.9 Å². The summed E-state index contributed by atoms with van der Waals surface area (Å²) in [6, 6.07) is 7.12. The second-order valence-electron chi connectivity index (χ2n) is 4.83. The van der Waals surface area contributed by atoms with Crippen molar-refractivity contribution >= 4 is 11.3 Å². The van der Waals surface area contributed by atoms with Crippen LogP contribution in [0.3, 0.4) is 0 Å². The molecule has 1 N–H and O–H groups in total. The van der Waals surface area contributed by atoms with E-state index in [1.807, 2.05) is 5.51 Å². The molecule has 0 amide bonds. The van der Waals surface area contributed by atoms with Crippen LogP contribution in [0.1, 0.15) is 35.3 Å². The Morgan fingerprint density at radius 2 is 1.94 bits per heavy atom. The number of rotatable bonds is 5. The normalized spacial score (nSPS) is 12.6. The molecule has 0 aliphatic carbocycles. The zero-order valence-electron chi connectivity index (χ0n) is 11.2. The highest BCUT2D eigenvalue weighted by Crippen LogP contribution is 2.16. The lowest BCUT2D eigenvalue weighted by atomic mass is 10.0. The van der Waals surface area contributed by atoms with Crippen molar-refractivity contribution in [2.75, 3.05) is 6.54 Å². The van der Waals surface area contributed by atoms with Crippen LogP contribution in [0.25, 0.3) is 0 Å². The van der Waals surface area contributed by atoms with E-state index >= 15 is 0 Å². The predicted octanol–water partition coefficient (Wildman–Crippen LogP) is 3.65. The van der Waals surface area contributed by atoms with Crippen molar-refractivity contribution in [1.82, 2.24) is 10.3 Å². The molecule has 0 bridgehead atoms. The second kappa shape index (κ2) is 6.12. The van der Waals surface area contributed by atoms with Gasteiger partial charge in [-0.3, -0.25) is 0 Å². The fourth-order valence-corrected chi connectivity index (χ4v) is 2.75. The lowest BCUT2D eigenvalue weighted by molar-refractivity contribution is 0.574. The van der Waals surface area contributed by atoms with E-state index in [9.17, 15) is 0 Å². The molecular formula is C15H20N2S. The zero-order chi connectivity index (χ0) is 13.0. The molecule has 18 heavy (non-hydrogen) atoms. The summed E-state index contributed by atoms with van der Waals surface area (Å²) in [5.41, 5.74) is 7.10. The quantitative estimate of drug-likeness (QED) is 0.887. The van der Waals surface area contributed by atoms with Gasteiger partial charge in [-0.05, 0) is 26.3 Å². The molecule has 96 valence electrons. The second-order valence-corrected chi connectivity index (χ2v) is 5.55. The highest BCUT2D eigenvalue weighted by atomic mass is 32.1. The molecule has 1 atom stereocenters. The monoisotopic (exact) mass is 260 g/mol. The van der Waals surface area contributed by atoms with Crippen molar-refractivity contribution < 1.29 is 0 Å². The van der Waals surface area contributed by atoms with Gasteiger partial charge in [0.25, 0.3) is 0 Å². The predicted molar refractivity (Wildman–Crippen MR) is 78.2 cm³/mol. The third kappa shape index (κ3) is 3.65. The maximum Gasteiger partial charge on any atom is 0.0794 e. The average Bonchev–Trinajstić information content (AvgIpc) is 2.80. The highest BCUT2D eigenvalue weighted by molar-refractivity contribution is 7.07. The summed E-state index contributed by atoms with van der Waals surface area (Å²) in [5.74, 6) is 0. The molecule has 0 radical (unpaired) electrons. The minimum Gasteiger partial charge on any atom is -0.310 e. The van der Waals surface area contributed by atoms with Gasteiger partial charge in [-0.2, -0.15) is 0 Å². The molecule has 0 aliphatic rings. The first-order valence-electron chi connectivity index (χ1n) is 6.34. The summed E-state index contributed by atoms with van der Waals surface area (Å²) in [4.78, 5) is 4.29. The van der Waals surface area contributed by atoms with Crippen LogP contribution in [0.4, 0.5) is 0 Å². The van der Waals surface area contributed by atoms with Crippen molar-refractivity contribution in [2.24, 2.45) is 0 Å². The van der Waals surface area contributed by atoms with Crippen molar-refractivity contribution in [3.8, 4) is 0 Å². The SMILES string of the molecule is Cc1cc(C)cc(C(C)NCCc2cscn2)c1. The number of nitrogens with one attached hydrogen (secondary N) is 1. The molecule has 2 nitrogen and oxygen atoms in total. The van der Waals surface area contributed by atoms with Gasteiger partial charge >= 0.3 is 0 Å². The molecule has 0 saturated heterocycles. The Morgan fingerprint density at radius 3 is 2.56 bits per heavy atom. The minimum absolute atomic E-state index is 0.391. The number of aromatic nitrogens is 1. The summed E-state index contributed by atoms with van der Waals surface area (Å²) >= 11 is 1.66. The molecule has 0 saturated carbocycles. The first-order chi connectivity index (χ1) is 8.65. The smallest absolute Gasteiger partial charge is 0.0794 e. The van der Waals surface area contributed by atoms with Crippen LogP contribution in [0.15, 0.2) is 29.1 Å². The summed E-state index contributed by atoms with van der Waals surface area (Å²) in [6.07, 6.45) is 0.999. The third-order valence-electron chi connectivity index (χ3n) is 3.06. The molecule has 1 unspecified atom stereocenters. The van der Waals surface area contributed by atoms with Crippen LogP contribution in [-0.4, -0.2) is 11.5 Å². The van der Waals surface area contributed by atoms with Gasteiger partial charge in [-0.1, -0.05) is 29.3 Å². The number of aryl methyl sites for hydroxylation is 2. The highest BCUT2D eigenvalue weighted by Gasteiger charge is 2.06. The number of hydrogen-bond donors (Lipinski definition) is 1. The Balaban J connectivity index is 1.89. The van der Waals surface area contributed by atoms with E-state index in [2.05, 4.69) is 54.7 Å². The molecule has 2 rings (SSSR count). The van der Waals surface area contributed by atoms with E-state index in [0.29, 0.717) is 6.04 Å². The first kappa shape index (κ1) is 13.2. The maximum absolute atomic E-state index is 4.29. The van der Waals surface area contributed by atoms with Gasteiger partial charge in [0.1, 0.15) is 0 Å². The van der Waals surface area contributed by atoms with E-state index in [0.717, 1.165) is 13.0 Å². The molecule has 1 aromatic heterocycles. The lowest BCUT2D eigenvalue weighted by Gasteiger charge is -2.15. The van der Waals surface area contributed by atoms with Crippen LogP contribution < -0.4 is 5.32 Å². The molecule has 2 aromatic rings. The van der Waals surface area contributed by atoms with Gasteiger partial charge < -0.3 is 5.32 Å². The minimum atomic E-state index is 0.391. The first-order valence-corrected chi connectivity index (χ1v) is 7.28. The van der Waals surface area contributed by atoms with E-state index < -0.39 is 0 Å². The van der Waals surface area contributed by atoms with Crippen molar-refractivity contribution in [3.05, 3.63) is 51.5 Å². The third-order valence-corrected chi connectivity index (χ3v) is 3.69. The van der Waals surface area contributed by atoms with Gasteiger partial charge in [0.15, 0.2) is 0 Å². The fraction of sp³-hybridized carbons (Fsp3) is 0.400. The molecule has 0 fully saturated rings. The van der Waals surface area contributed by atoms with Gasteiger partial charge in [-0.15, -0.1) is 11.3 Å². The standard InChI is InChI=1S/C15H20N2S/c1-11-6-12(2)8-14(7-11)13(3)16-5-4-15-9-18-10-17-15/h6-10,13,16H,4-5H2,1-3H3. The Kier molecular flexibility index (Phi) is 4.50. The van der Waals surface area contributed by atoms with Gasteiger partial charge in [0, 0.05) is 24.4 Å². The van der Waals surface area contributed by atoms with Crippen LogP contribution >= 0.6 is 11.3 Å². The van der Waals surface area contributed by atoms with Gasteiger partial charge in [0.05, 0.1) is 11.2 Å². The summed E-state index contributed by atoms with van der Waals surface area (Å²) in [6.45, 7) is 7.49. The van der Waals surface area contributed by atoms with Crippen molar-refractivity contribution in [1.29, 1.82) is 0 Å². The van der Waals surface area contributed by atoms with Crippen LogP contribution in [0, 0.1) is 13.8 Å². The average molecular weight is 260 g/mol. The maximum atomic E-state index is 4.29. The molecule has 3 heteroatoms.